The highest BCUT2D eigenvalue weighted by Gasteiger charge is 2.15. The second kappa shape index (κ2) is 4.23. The van der Waals surface area contributed by atoms with Crippen LogP contribution in [0.2, 0.25) is 0 Å². The number of hydrogen-bond acceptors (Lipinski definition) is 4. The van der Waals surface area contributed by atoms with E-state index in [1.807, 2.05) is 37.4 Å². The predicted octanol–water partition coefficient (Wildman–Crippen LogP) is 2.48. The maximum atomic E-state index is 5.64. The number of fused-ring (bicyclic) bond motifs is 2. The van der Waals surface area contributed by atoms with Crippen molar-refractivity contribution in [3.63, 3.8) is 0 Å². The zero-order valence-electron chi connectivity index (χ0n) is 11.0. The SMILES string of the molecule is Cc1cc2c(cc1-c1ccc3nccn3n1)OCCO2. The molecule has 0 radical (unpaired) electrons. The second-order valence-electron chi connectivity index (χ2n) is 4.76. The van der Waals surface area contributed by atoms with E-state index < -0.39 is 0 Å². The lowest BCUT2D eigenvalue weighted by Crippen LogP contribution is -2.15. The summed E-state index contributed by atoms with van der Waals surface area (Å²) in [6.07, 6.45) is 3.58. The Morgan fingerprint density at radius 3 is 2.75 bits per heavy atom. The largest absolute Gasteiger partial charge is 0.486 e. The van der Waals surface area contributed by atoms with Crippen molar-refractivity contribution in [1.82, 2.24) is 14.6 Å². The minimum atomic E-state index is 0.587. The van der Waals surface area contributed by atoms with Gasteiger partial charge in [0.25, 0.3) is 0 Å². The van der Waals surface area contributed by atoms with E-state index in [0.29, 0.717) is 13.2 Å². The molecule has 0 aliphatic carbocycles. The Balaban J connectivity index is 1.88. The average Bonchev–Trinajstić information content (AvgIpc) is 2.94. The van der Waals surface area contributed by atoms with Crippen LogP contribution in [0.5, 0.6) is 11.5 Å². The van der Waals surface area contributed by atoms with E-state index in [1.165, 1.54) is 0 Å². The van der Waals surface area contributed by atoms with Gasteiger partial charge in [0.15, 0.2) is 17.1 Å². The summed E-state index contributed by atoms with van der Waals surface area (Å²) in [7, 11) is 0. The van der Waals surface area contributed by atoms with Gasteiger partial charge in [0, 0.05) is 18.0 Å². The minimum absolute atomic E-state index is 0.587. The molecule has 4 rings (SSSR count). The Morgan fingerprint density at radius 1 is 1.10 bits per heavy atom. The third kappa shape index (κ3) is 1.71. The number of aromatic nitrogens is 3. The predicted molar refractivity (Wildman–Crippen MR) is 74.2 cm³/mol. The molecule has 5 nitrogen and oxygen atoms in total. The molecule has 0 saturated heterocycles. The van der Waals surface area contributed by atoms with Crippen LogP contribution in [0.25, 0.3) is 16.9 Å². The summed E-state index contributed by atoms with van der Waals surface area (Å²) in [5.74, 6) is 1.59. The van der Waals surface area contributed by atoms with E-state index in [2.05, 4.69) is 10.1 Å². The highest BCUT2D eigenvalue weighted by atomic mass is 16.6. The maximum absolute atomic E-state index is 5.64. The number of benzene rings is 1. The second-order valence-corrected chi connectivity index (χ2v) is 4.76. The Kier molecular flexibility index (Phi) is 2.39. The van der Waals surface area contributed by atoms with Crippen molar-refractivity contribution in [3.8, 4) is 22.8 Å². The first kappa shape index (κ1) is 11.3. The quantitative estimate of drug-likeness (QED) is 0.679. The minimum Gasteiger partial charge on any atom is -0.486 e. The topological polar surface area (TPSA) is 48.7 Å². The molecule has 0 spiro atoms. The molecule has 3 heterocycles. The van der Waals surface area contributed by atoms with Crippen LogP contribution in [0.1, 0.15) is 5.56 Å². The molecule has 0 unspecified atom stereocenters. The molecule has 5 heteroatoms. The van der Waals surface area contributed by atoms with Crippen LogP contribution >= 0.6 is 0 Å². The number of hydrogen-bond donors (Lipinski definition) is 0. The van der Waals surface area contributed by atoms with Crippen molar-refractivity contribution in [1.29, 1.82) is 0 Å². The summed E-state index contributed by atoms with van der Waals surface area (Å²) in [5.41, 5.74) is 3.89. The summed E-state index contributed by atoms with van der Waals surface area (Å²) >= 11 is 0. The van der Waals surface area contributed by atoms with Gasteiger partial charge in [-0.1, -0.05) is 0 Å². The maximum Gasteiger partial charge on any atom is 0.162 e. The first-order chi connectivity index (χ1) is 9.81. The number of nitrogens with zero attached hydrogens (tertiary/aromatic N) is 3. The van der Waals surface area contributed by atoms with Crippen LogP contribution in [-0.2, 0) is 0 Å². The zero-order chi connectivity index (χ0) is 13.5. The number of ether oxygens (including phenoxy) is 2. The van der Waals surface area contributed by atoms with E-state index in [9.17, 15) is 0 Å². The highest BCUT2D eigenvalue weighted by Crippen LogP contribution is 2.36. The third-order valence-electron chi connectivity index (χ3n) is 3.42. The van der Waals surface area contributed by atoms with Crippen LogP contribution in [0.3, 0.4) is 0 Å². The molecule has 20 heavy (non-hydrogen) atoms. The van der Waals surface area contributed by atoms with Crippen molar-refractivity contribution < 1.29 is 9.47 Å². The van der Waals surface area contributed by atoms with Gasteiger partial charge in [-0.3, -0.25) is 0 Å². The Morgan fingerprint density at radius 2 is 1.90 bits per heavy atom. The normalized spacial score (nSPS) is 13.7. The van der Waals surface area contributed by atoms with Gasteiger partial charge in [0.1, 0.15) is 13.2 Å². The molecular weight excluding hydrogens is 254 g/mol. The molecule has 0 bridgehead atoms. The van der Waals surface area contributed by atoms with Gasteiger partial charge < -0.3 is 9.47 Å². The van der Waals surface area contributed by atoms with Crippen LogP contribution in [0.15, 0.2) is 36.7 Å². The van der Waals surface area contributed by atoms with E-state index in [1.54, 1.807) is 10.7 Å². The fourth-order valence-corrected chi connectivity index (χ4v) is 2.43. The van der Waals surface area contributed by atoms with Gasteiger partial charge in [-0.2, -0.15) is 5.10 Å². The van der Waals surface area contributed by atoms with Gasteiger partial charge in [-0.15, -0.1) is 0 Å². The first-order valence-corrected chi connectivity index (χ1v) is 6.52. The Hall–Kier alpha value is -2.56. The van der Waals surface area contributed by atoms with E-state index >= 15 is 0 Å². The van der Waals surface area contributed by atoms with Crippen molar-refractivity contribution in [2.45, 2.75) is 6.92 Å². The van der Waals surface area contributed by atoms with Gasteiger partial charge in [0.05, 0.1) is 5.69 Å². The lowest BCUT2D eigenvalue weighted by molar-refractivity contribution is 0.171. The van der Waals surface area contributed by atoms with Gasteiger partial charge in [-0.05, 0) is 36.8 Å². The van der Waals surface area contributed by atoms with Gasteiger partial charge in [-0.25, -0.2) is 9.50 Å². The molecule has 0 fully saturated rings. The summed E-state index contributed by atoms with van der Waals surface area (Å²) in [4.78, 5) is 4.20. The lowest BCUT2D eigenvalue weighted by atomic mass is 10.0. The van der Waals surface area contributed by atoms with Crippen LogP contribution in [-0.4, -0.2) is 27.8 Å². The number of imidazole rings is 1. The Labute approximate surface area is 115 Å². The smallest absolute Gasteiger partial charge is 0.162 e. The molecule has 1 aliphatic heterocycles. The number of rotatable bonds is 1. The Bertz CT molecular complexity index is 795. The fraction of sp³-hybridized carbons (Fsp3) is 0.200. The third-order valence-corrected chi connectivity index (χ3v) is 3.42. The molecule has 3 aromatic rings. The van der Waals surface area contributed by atoms with Crippen molar-refractivity contribution >= 4 is 5.65 Å². The molecule has 100 valence electrons. The molecule has 0 atom stereocenters. The standard InChI is InChI=1S/C15H13N3O2/c1-10-8-13-14(20-7-6-19-13)9-11(10)12-2-3-15-16-4-5-18(15)17-12/h2-5,8-9H,6-7H2,1H3. The molecule has 0 saturated carbocycles. The summed E-state index contributed by atoms with van der Waals surface area (Å²) < 4.78 is 13.0. The van der Waals surface area contributed by atoms with Crippen molar-refractivity contribution in [3.05, 3.63) is 42.2 Å². The van der Waals surface area contributed by atoms with Crippen LogP contribution < -0.4 is 9.47 Å². The molecule has 0 N–H and O–H groups in total. The van der Waals surface area contributed by atoms with Crippen molar-refractivity contribution in [2.24, 2.45) is 0 Å². The monoisotopic (exact) mass is 267 g/mol. The lowest BCUT2D eigenvalue weighted by Gasteiger charge is -2.20. The summed E-state index contributed by atoms with van der Waals surface area (Å²) in [5, 5.41) is 4.57. The first-order valence-electron chi connectivity index (χ1n) is 6.52. The zero-order valence-corrected chi connectivity index (χ0v) is 11.0. The molecule has 1 aromatic carbocycles. The van der Waals surface area contributed by atoms with Crippen LogP contribution in [0.4, 0.5) is 0 Å². The molecule has 1 aliphatic rings. The average molecular weight is 267 g/mol. The summed E-state index contributed by atoms with van der Waals surface area (Å²) in [6, 6.07) is 7.93. The molecule has 2 aromatic heterocycles. The van der Waals surface area contributed by atoms with E-state index in [-0.39, 0.29) is 0 Å². The van der Waals surface area contributed by atoms with Gasteiger partial charge in [0.2, 0.25) is 0 Å². The molecule has 0 amide bonds. The summed E-state index contributed by atoms with van der Waals surface area (Å²) in [6.45, 7) is 3.24. The van der Waals surface area contributed by atoms with Crippen molar-refractivity contribution in [2.75, 3.05) is 13.2 Å². The van der Waals surface area contributed by atoms with E-state index in [0.717, 1.165) is 34.0 Å². The molecular formula is C15H13N3O2. The fourth-order valence-electron chi connectivity index (χ4n) is 2.43. The van der Waals surface area contributed by atoms with Gasteiger partial charge >= 0.3 is 0 Å². The van der Waals surface area contributed by atoms with E-state index in [4.69, 9.17) is 9.47 Å². The highest BCUT2D eigenvalue weighted by molar-refractivity contribution is 5.68. The van der Waals surface area contributed by atoms with Crippen LogP contribution in [0, 0.1) is 6.92 Å². The number of aryl methyl sites for hydroxylation is 1.